The standard InChI is InChI=1S/C59H67N4O.Pt/c1-37(2)41-31-49(38(3)4)54(50(32-41)39(5)6)40-20-18-21-43(30-40)61-36-62(56(59(13,14)15)55(61)58(10,11)12)44-22-19-23-45(34-44)64-46-26-27-48-47-24-16-17-25-51(47)63(52(48)35-46)53-33-42(28-29-60-53)57(7,8)9;/h16-33,36-39H,1-15H3;/q-3;. The van der Waals surface area contributed by atoms with Crippen molar-refractivity contribution in [1.29, 1.82) is 0 Å². The van der Waals surface area contributed by atoms with E-state index in [9.17, 15) is 0 Å². The summed E-state index contributed by atoms with van der Waals surface area (Å²) in [6.45, 7) is 36.8. The van der Waals surface area contributed by atoms with E-state index in [1.54, 1.807) is 0 Å². The number of hydrogen-bond acceptors (Lipinski definition) is 4. The number of ether oxygens (including phenoxy) is 1. The second-order valence-corrected chi connectivity index (χ2v) is 21.7. The van der Waals surface area contributed by atoms with Crippen LogP contribution in [0.15, 0.2) is 121 Å². The maximum atomic E-state index is 6.71. The third-order valence-electron chi connectivity index (χ3n) is 12.5. The number of allylic oxidation sites excluding steroid dienone is 2. The molecule has 1 aliphatic rings. The van der Waals surface area contributed by atoms with Crippen molar-refractivity contribution in [3.05, 3.63) is 162 Å². The van der Waals surface area contributed by atoms with E-state index >= 15 is 0 Å². The van der Waals surface area contributed by atoms with Gasteiger partial charge in [-0.25, -0.2) is 4.98 Å². The van der Waals surface area contributed by atoms with Gasteiger partial charge in [-0.2, -0.15) is 12.1 Å². The van der Waals surface area contributed by atoms with Crippen molar-refractivity contribution < 1.29 is 25.8 Å². The molecule has 0 amide bonds. The number of rotatable bonds is 9. The van der Waals surface area contributed by atoms with Gasteiger partial charge < -0.3 is 19.1 Å². The first-order valence-electron chi connectivity index (χ1n) is 23.2. The van der Waals surface area contributed by atoms with Crippen molar-refractivity contribution in [2.45, 2.75) is 127 Å². The van der Waals surface area contributed by atoms with E-state index in [2.05, 4.69) is 228 Å². The number of para-hydroxylation sites is 1. The normalized spacial score (nSPS) is 13.9. The molecular weight excluding hydrogens is 976 g/mol. The van der Waals surface area contributed by atoms with Crippen LogP contribution in [0.2, 0.25) is 0 Å². The molecule has 0 saturated heterocycles. The number of hydrogen-bond donors (Lipinski definition) is 0. The van der Waals surface area contributed by atoms with Crippen molar-refractivity contribution in [3.8, 4) is 28.4 Å². The summed E-state index contributed by atoms with van der Waals surface area (Å²) in [5.41, 5.74) is 14.2. The van der Waals surface area contributed by atoms with E-state index in [-0.39, 0.29) is 37.3 Å². The summed E-state index contributed by atoms with van der Waals surface area (Å²) in [7, 11) is 0. The molecule has 5 nitrogen and oxygen atoms in total. The van der Waals surface area contributed by atoms with Crippen molar-refractivity contribution in [2.75, 3.05) is 9.80 Å². The zero-order chi connectivity index (χ0) is 46.0. The second-order valence-electron chi connectivity index (χ2n) is 21.7. The van der Waals surface area contributed by atoms with Crippen LogP contribution in [0.4, 0.5) is 11.4 Å². The summed E-state index contributed by atoms with van der Waals surface area (Å²) in [5.74, 6) is 3.34. The van der Waals surface area contributed by atoms with Crippen molar-refractivity contribution in [3.63, 3.8) is 0 Å². The van der Waals surface area contributed by atoms with E-state index in [0.29, 0.717) is 29.3 Å². The number of pyridine rings is 1. The summed E-state index contributed by atoms with van der Waals surface area (Å²) in [6.07, 6.45) is 1.91. The molecule has 0 spiro atoms. The molecule has 0 aliphatic carbocycles. The molecule has 0 fully saturated rings. The van der Waals surface area contributed by atoms with Crippen LogP contribution in [-0.2, 0) is 26.5 Å². The van der Waals surface area contributed by atoms with Gasteiger partial charge in [0.25, 0.3) is 0 Å². The Morgan fingerprint density at radius 1 is 0.585 bits per heavy atom. The molecule has 2 aromatic heterocycles. The molecule has 1 aliphatic heterocycles. The topological polar surface area (TPSA) is 33.5 Å². The molecule has 8 rings (SSSR count). The van der Waals surface area contributed by atoms with Gasteiger partial charge in [0.2, 0.25) is 0 Å². The van der Waals surface area contributed by atoms with E-state index in [4.69, 9.17) is 9.72 Å². The van der Waals surface area contributed by atoms with Gasteiger partial charge in [-0.3, -0.25) is 0 Å². The van der Waals surface area contributed by atoms with E-state index < -0.39 is 0 Å². The minimum Gasteiger partial charge on any atom is -0.509 e. The van der Waals surface area contributed by atoms with Crippen LogP contribution in [-0.4, -0.2) is 9.55 Å². The molecule has 0 bridgehead atoms. The first-order valence-corrected chi connectivity index (χ1v) is 23.2. The fraction of sp³-hybridized carbons (Fsp3) is 0.356. The zero-order valence-corrected chi connectivity index (χ0v) is 43.5. The third-order valence-corrected chi connectivity index (χ3v) is 12.5. The average molecular weight is 1040 g/mol. The maximum absolute atomic E-state index is 6.71. The maximum Gasteiger partial charge on any atom is 0.135 e. The van der Waals surface area contributed by atoms with Gasteiger partial charge in [0.05, 0.1) is 0 Å². The van der Waals surface area contributed by atoms with Gasteiger partial charge in [0.1, 0.15) is 5.82 Å². The Labute approximate surface area is 404 Å². The Morgan fingerprint density at radius 3 is 1.85 bits per heavy atom. The van der Waals surface area contributed by atoms with Crippen LogP contribution in [0.3, 0.4) is 0 Å². The average Bonchev–Trinajstić information content (AvgIpc) is 3.81. The Kier molecular flexibility index (Phi) is 13.2. The van der Waals surface area contributed by atoms with E-state index in [1.165, 1.54) is 44.8 Å². The number of benzene rings is 5. The van der Waals surface area contributed by atoms with Crippen molar-refractivity contribution in [1.82, 2.24) is 9.55 Å². The molecule has 5 aromatic carbocycles. The van der Waals surface area contributed by atoms with Gasteiger partial charge in [0.15, 0.2) is 0 Å². The van der Waals surface area contributed by atoms with Crippen LogP contribution in [0.25, 0.3) is 38.8 Å². The van der Waals surface area contributed by atoms with Crippen molar-refractivity contribution >= 4 is 33.2 Å². The van der Waals surface area contributed by atoms with Crippen molar-refractivity contribution in [2.24, 2.45) is 10.8 Å². The quantitative estimate of drug-likeness (QED) is 0.135. The molecular formula is C59H67N4OPt-3. The molecule has 0 unspecified atom stereocenters. The Hall–Kier alpha value is -5.12. The Morgan fingerprint density at radius 2 is 1.22 bits per heavy atom. The molecule has 0 N–H and O–H groups in total. The number of aromatic nitrogens is 2. The number of anilines is 2. The van der Waals surface area contributed by atoms with E-state index in [0.717, 1.165) is 39.0 Å². The summed E-state index contributed by atoms with van der Waals surface area (Å²) >= 11 is 0. The number of nitrogens with zero attached hydrogens (tertiary/aromatic N) is 4. The zero-order valence-electron chi connectivity index (χ0n) is 41.2. The smallest absolute Gasteiger partial charge is 0.135 e. The van der Waals surface area contributed by atoms with Gasteiger partial charge in [-0.1, -0.05) is 152 Å². The Bertz CT molecular complexity index is 2860. The van der Waals surface area contributed by atoms with E-state index in [1.807, 2.05) is 18.3 Å². The van der Waals surface area contributed by atoms with Gasteiger partial charge >= 0.3 is 0 Å². The molecule has 0 radical (unpaired) electrons. The minimum atomic E-state index is -0.205. The molecule has 7 aromatic rings. The SMILES string of the molecule is CC(C)c1cc(C(C)C)c(-c2cccc(N3[CH-]N(c4[c-]c(Oc5[c-]c6c(cc5)c5ccccc5n6-c5cc(C(C)(C)C)ccn5)ccc4)C(C(C)(C)C)=C3C(C)(C)C)c2)c(C(C)C)c1.[Pt]. The van der Waals surface area contributed by atoms with Crippen LogP contribution in [0.1, 0.15) is 144 Å². The minimum absolute atomic E-state index is 0. The summed E-state index contributed by atoms with van der Waals surface area (Å²) < 4.78 is 8.92. The van der Waals surface area contributed by atoms with Crippen LogP contribution >= 0.6 is 0 Å². The van der Waals surface area contributed by atoms with Crippen LogP contribution in [0.5, 0.6) is 11.5 Å². The summed E-state index contributed by atoms with van der Waals surface area (Å²) in [5, 5.41) is 2.25. The first kappa shape index (κ1) is 47.8. The fourth-order valence-corrected chi connectivity index (χ4v) is 9.30. The monoisotopic (exact) mass is 1040 g/mol. The molecule has 6 heteroatoms. The Balaban J connectivity index is 0.00000630. The predicted octanol–water partition coefficient (Wildman–Crippen LogP) is 16.7. The molecule has 342 valence electrons. The van der Waals surface area contributed by atoms with Gasteiger partial charge in [-0.05, 0) is 92.3 Å². The van der Waals surface area contributed by atoms with Gasteiger partial charge in [-0.15, -0.1) is 48.1 Å². The fourth-order valence-electron chi connectivity index (χ4n) is 9.30. The molecule has 0 saturated carbocycles. The molecule has 65 heavy (non-hydrogen) atoms. The molecule has 0 atom stereocenters. The van der Waals surface area contributed by atoms with Crippen LogP contribution in [0, 0.1) is 29.6 Å². The number of fused-ring (bicyclic) bond motifs is 3. The largest absolute Gasteiger partial charge is 0.509 e. The summed E-state index contributed by atoms with van der Waals surface area (Å²) in [4.78, 5) is 9.62. The second kappa shape index (κ2) is 17.9. The van der Waals surface area contributed by atoms with Crippen LogP contribution < -0.4 is 14.5 Å². The van der Waals surface area contributed by atoms with Gasteiger partial charge in [0, 0.05) is 72.2 Å². The molecule has 3 heterocycles. The summed E-state index contributed by atoms with van der Waals surface area (Å²) in [6, 6.07) is 44.6. The third kappa shape index (κ3) is 9.33. The predicted molar refractivity (Wildman–Crippen MR) is 271 cm³/mol. The first-order chi connectivity index (χ1) is 30.1.